The van der Waals surface area contributed by atoms with Gasteiger partial charge < -0.3 is 39.0 Å². The van der Waals surface area contributed by atoms with Gasteiger partial charge in [0.25, 0.3) is 0 Å². The van der Waals surface area contributed by atoms with E-state index in [2.05, 4.69) is 142 Å². The summed E-state index contributed by atoms with van der Waals surface area (Å²) in [5.74, 6) is -3.19. The normalized spacial score (nSPS) is 18.4. The monoisotopic (exact) mass is 1160 g/mol. The van der Waals surface area contributed by atoms with Gasteiger partial charge in [0.15, 0.2) is 24.6 Å². The molecule has 1 aliphatic heterocycles. The van der Waals surface area contributed by atoms with E-state index >= 15 is 0 Å². The molecule has 0 aromatic heterocycles. The average molecular weight is 1160 g/mol. The van der Waals surface area contributed by atoms with E-state index in [9.17, 15) is 34.5 Å². The fourth-order valence-corrected chi connectivity index (χ4v) is 9.09. The lowest BCUT2D eigenvalue weighted by Crippen LogP contribution is -2.61. The van der Waals surface area contributed by atoms with Crippen molar-refractivity contribution in [2.24, 2.45) is 0 Å². The van der Waals surface area contributed by atoms with Crippen molar-refractivity contribution >= 4 is 23.9 Å². The lowest BCUT2D eigenvalue weighted by atomic mass is 9.98. The van der Waals surface area contributed by atoms with Crippen molar-refractivity contribution in [3.8, 4) is 0 Å². The summed E-state index contributed by atoms with van der Waals surface area (Å²) >= 11 is 0. The molecule has 0 radical (unpaired) electrons. The van der Waals surface area contributed by atoms with Gasteiger partial charge in [0.2, 0.25) is 0 Å². The van der Waals surface area contributed by atoms with Crippen LogP contribution in [0.2, 0.25) is 0 Å². The van der Waals surface area contributed by atoms with Crippen LogP contribution in [-0.4, -0.2) is 89.2 Å². The summed E-state index contributed by atoms with van der Waals surface area (Å²) in [5, 5.41) is 31.6. The van der Waals surface area contributed by atoms with Gasteiger partial charge in [-0.15, -0.1) is 0 Å². The average Bonchev–Trinajstić information content (AvgIpc) is 3.55. The fourth-order valence-electron chi connectivity index (χ4n) is 9.09. The molecule has 470 valence electrons. The number of aliphatic carboxylic acids is 1. The number of aliphatic hydroxyl groups excluding tert-OH is 2. The molecule has 0 spiro atoms. The van der Waals surface area contributed by atoms with Crippen LogP contribution in [0.4, 0.5) is 0 Å². The first-order valence-corrected chi connectivity index (χ1v) is 32.5. The van der Waals surface area contributed by atoms with Crippen LogP contribution in [0.25, 0.3) is 0 Å². The zero-order valence-electron chi connectivity index (χ0n) is 51.9. The number of esters is 3. The van der Waals surface area contributed by atoms with E-state index < -0.39 is 67.3 Å². The van der Waals surface area contributed by atoms with Crippen LogP contribution in [0.5, 0.6) is 0 Å². The number of carboxylic acids is 1. The second-order valence-electron chi connectivity index (χ2n) is 21.6. The van der Waals surface area contributed by atoms with E-state index in [1.54, 1.807) is 0 Å². The lowest BCUT2D eigenvalue weighted by molar-refractivity contribution is -0.301. The maximum Gasteiger partial charge on any atom is 0.335 e. The Labute approximate surface area is 503 Å². The summed E-state index contributed by atoms with van der Waals surface area (Å²) in [4.78, 5) is 51.4. The van der Waals surface area contributed by atoms with Gasteiger partial charge in [0.1, 0.15) is 18.8 Å². The maximum atomic E-state index is 13.2. The number of hydrogen-bond acceptors (Lipinski definition) is 11. The van der Waals surface area contributed by atoms with E-state index in [1.165, 1.54) is 25.7 Å². The Morgan fingerprint density at radius 1 is 0.410 bits per heavy atom. The van der Waals surface area contributed by atoms with Gasteiger partial charge in [0.05, 0.1) is 6.61 Å². The van der Waals surface area contributed by atoms with Gasteiger partial charge in [-0.3, -0.25) is 14.4 Å². The van der Waals surface area contributed by atoms with Crippen molar-refractivity contribution in [1.29, 1.82) is 0 Å². The highest BCUT2D eigenvalue weighted by molar-refractivity contribution is 5.74. The van der Waals surface area contributed by atoms with E-state index in [0.717, 1.165) is 167 Å². The number of allylic oxidation sites excluding steroid dienone is 20. The summed E-state index contributed by atoms with van der Waals surface area (Å²) in [6.07, 6.45) is 67.2. The van der Waals surface area contributed by atoms with Gasteiger partial charge in [-0.25, -0.2) is 4.79 Å². The first-order valence-electron chi connectivity index (χ1n) is 32.5. The first kappa shape index (κ1) is 76.1. The Morgan fingerprint density at radius 2 is 0.759 bits per heavy atom. The second-order valence-corrected chi connectivity index (χ2v) is 21.6. The van der Waals surface area contributed by atoms with Crippen LogP contribution in [-0.2, 0) is 42.9 Å². The Bertz CT molecular complexity index is 1900. The molecule has 1 heterocycles. The minimum atomic E-state index is -1.92. The molecule has 3 N–H and O–H groups in total. The maximum absolute atomic E-state index is 13.2. The van der Waals surface area contributed by atoms with Gasteiger partial charge in [-0.2, -0.15) is 0 Å². The smallest absolute Gasteiger partial charge is 0.335 e. The highest BCUT2D eigenvalue weighted by Crippen LogP contribution is 2.26. The molecule has 0 aromatic carbocycles. The molecule has 6 unspecified atom stereocenters. The number of aliphatic hydroxyl groups is 2. The molecule has 1 rings (SSSR count). The number of ether oxygens (including phenoxy) is 5. The first-order chi connectivity index (χ1) is 40.6. The summed E-state index contributed by atoms with van der Waals surface area (Å²) in [6.45, 7) is 5.73. The summed E-state index contributed by atoms with van der Waals surface area (Å²) in [5.41, 5.74) is 0. The van der Waals surface area contributed by atoms with Crippen molar-refractivity contribution < 1.29 is 58.2 Å². The highest BCUT2D eigenvalue weighted by Gasteiger charge is 2.50. The van der Waals surface area contributed by atoms with Crippen LogP contribution in [0.15, 0.2) is 122 Å². The number of carboxylic acid groups (broad SMARTS) is 1. The van der Waals surface area contributed by atoms with E-state index in [4.69, 9.17) is 23.7 Å². The highest BCUT2D eigenvalue weighted by atomic mass is 16.7. The molecule has 0 aliphatic carbocycles. The third-order valence-electron chi connectivity index (χ3n) is 14.0. The quantitative estimate of drug-likeness (QED) is 0.0228. The van der Waals surface area contributed by atoms with Crippen molar-refractivity contribution in [2.75, 3.05) is 13.2 Å². The fraction of sp³-hybridized carbons (Fsp3) is 0.662. The topological polar surface area (TPSA) is 175 Å². The minimum Gasteiger partial charge on any atom is -0.479 e. The number of carbonyl (C=O) groups is 4. The van der Waals surface area contributed by atoms with E-state index in [-0.39, 0.29) is 25.9 Å². The Kier molecular flexibility index (Phi) is 52.8. The molecule has 0 saturated carbocycles. The zero-order chi connectivity index (χ0) is 60.3. The lowest BCUT2D eigenvalue weighted by Gasteiger charge is -2.40. The third kappa shape index (κ3) is 47.1. The van der Waals surface area contributed by atoms with Crippen LogP contribution in [0, 0.1) is 0 Å². The molecule has 6 atom stereocenters. The standard InChI is InChI=1S/C71H114O12/c1-4-7-10-13-16-19-22-25-28-31-32-35-36-39-42-45-48-51-54-57-63(72)79-60-62(81-64(73)58-55-52-49-46-43-40-37-33-29-26-23-20-17-14-11-8-5-2)61-80-71-69(67(76)66(75)68(83-71)70(77)78)82-65(74)59-56-53-50-47-44-41-38-34-30-27-24-21-18-15-12-9-6-3/h8-9,11-12,16-21,25-30,32,35,38,41,62,66-69,71,75-76H,4-7,10,13-15,22-24,31,33-34,36-37,39-40,42-61H2,1-3H3,(H,77,78)/b11-8-,12-9-,19-16-,20-17-,21-18-,28-25-,29-26-,30-27-,35-32-,41-38-. The van der Waals surface area contributed by atoms with Gasteiger partial charge in [-0.05, 0) is 128 Å². The Balaban J connectivity index is 2.70. The van der Waals surface area contributed by atoms with Crippen molar-refractivity contribution in [3.05, 3.63) is 122 Å². The third-order valence-corrected chi connectivity index (χ3v) is 14.0. The zero-order valence-corrected chi connectivity index (χ0v) is 51.9. The van der Waals surface area contributed by atoms with Crippen LogP contribution < -0.4 is 0 Å². The van der Waals surface area contributed by atoms with Crippen LogP contribution in [0.1, 0.15) is 252 Å². The number of unbranched alkanes of at least 4 members (excludes halogenated alkanes) is 20. The minimum absolute atomic E-state index is 0.0239. The Hall–Kier alpha value is -4.88. The van der Waals surface area contributed by atoms with Crippen molar-refractivity contribution in [1.82, 2.24) is 0 Å². The predicted molar refractivity (Wildman–Crippen MR) is 340 cm³/mol. The molecular weight excluding hydrogens is 1040 g/mol. The van der Waals surface area contributed by atoms with E-state index in [1.807, 2.05) is 0 Å². The summed E-state index contributed by atoms with van der Waals surface area (Å²) in [7, 11) is 0. The molecule has 1 fully saturated rings. The Morgan fingerprint density at radius 3 is 1.16 bits per heavy atom. The predicted octanol–water partition coefficient (Wildman–Crippen LogP) is 17.6. The SMILES string of the molecule is CC/C=C\C/C=C\C/C=C\C/C=C\CCCCCCC(=O)OC1C(OCC(COC(=O)CCCCCCCC/C=C\C/C=C\C/C=C\CCCCC)OC(=O)CCCCCCCCC/C=C\C/C=C\C/C=C\CC)OC(C(=O)O)C(O)C1O. The molecule has 83 heavy (non-hydrogen) atoms. The number of rotatable bonds is 54. The molecule has 1 aliphatic rings. The van der Waals surface area contributed by atoms with Crippen LogP contribution in [0.3, 0.4) is 0 Å². The van der Waals surface area contributed by atoms with Crippen molar-refractivity contribution in [3.63, 3.8) is 0 Å². The molecule has 0 aromatic rings. The van der Waals surface area contributed by atoms with Crippen LogP contribution >= 0.6 is 0 Å². The number of hydrogen-bond donors (Lipinski definition) is 3. The molecule has 12 heteroatoms. The summed E-state index contributed by atoms with van der Waals surface area (Å²) < 4.78 is 28.5. The molecule has 1 saturated heterocycles. The molecular formula is C71H114O12. The van der Waals surface area contributed by atoms with Crippen molar-refractivity contribution in [2.45, 2.75) is 289 Å². The molecule has 0 amide bonds. The van der Waals surface area contributed by atoms with Gasteiger partial charge in [0, 0.05) is 19.3 Å². The van der Waals surface area contributed by atoms with Gasteiger partial charge >= 0.3 is 23.9 Å². The van der Waals surface area contributed by atoms with E-state index in [0.29, 0.717) is 19.3 Å². The summed E-state index contributed by atoms with van der Waals surface area (Å²) in [6, 6.07) is 0. The molecule has 0 bridgehead atoms. The molecule has 12 nitrogen and oxygen atoms in total. The largest absolute Gasteiger partial charge is 0.479 e. The second kappa shape index (κ2) is 57.5. The van der Waals surface area contributed by atoms with Gasteiger partial charge in [-0.1, -0.05) is 226 Å². The number of carbonyl (C=O) groups excluding carboxylic acids is 3.